The van der Waals surface area contributed by atoms with E-state index in [-0.39, 0.29) is 17.9 Å². The molecule has 1 N–H and O–H groups in total. The molecule has 2 saturated heterocycles. The maximum Gasteiger partial charge on any atom is 0.309 e. The molecular weight excluding hydrogens is 258 g/mol. The molecule has 5 nitrogen and oxygen atoms in total. The number of allylic oxidation sites excluding steroid dienone is 2. The molecule has 1 amide bonds. The summed E-state index contributed by atoms with van der Waals surface area (Å²) in [5.41, 5.74) is 0. The topological polar surface area (TPSA) is 66.8 Å². The number of carboxylic acid groups (broad SMARTS) is 1. The predicted octanol–water partition coefficient (Wildman–Crippen LogP) is 1.29. The van der Waals surface area contributed by atoms with E-state index in [9.17, 15) is 9.59 Å². The number of fused-ring (bicyclic) bond motifs is 1. The third-order valence-corrected chi connectivity index (χ3v) is 4.83. The third kappa shape index (κ3) is 2.59. The van der Waals surface area contributed by atoms with E-state index in [2.05, 4.69) is 12.2 Å². The second-order valence-electron chi connectivity index (χ2n) is 6.13. The molecule has 0 aromatic heterocycles. The minimum Gasteiger partial charge on any atom is -0.481 e. The van der Waals surface area contributed by atoms with E-state index in [1.807, 2.05) is 4.90 Å². The highest BCUT2D eigenvalue weighted by atomic mass is 16.5. The average molecular weight is 279 g/mol. The molecule has 2 aliphatic heterocycles. The Morgan fingerprint density at radius 2 is 2.15 bits per heavy atom. The zero-order valence-electron chi connectivity index (χ0n) is 11.5. The van der Waals surface area contributed by atoms with Crippen LogP contribution in [-0.2, 0) is 14.3 Å². The van der Waals surface area contributed by atoms with Crippen LogP contribution >= 0.6 is 0 Å². The molecule has 0 saturated carbocycles. The standard InChI is InChI=1S/C15H21NO4/c17-14(6-10-4-2-1-3-5-10)16-7-11-12(15(18)19)9-20-13(11)8-16/h1-2,10-13H,3-9H2,(H,18,19)/t10-,11-,12-,13-/m1/s1. The van der Waals surface area contributed by atoms with Crippen LogP contribution in [0.4, 0.5) is 0 Å². The van der Waals surface area contributed by atoms with E-state index in [1.54, 1.807) is 0 Å². The van der Waals surface area contributed by atoms with E-state index in [0.717, 1.165) is 19.3 Å². The number of nitrogens with zero attached hydrogens (tertiary/aromatic N) is 1. The molecule has 110 valence electrons. The molecule has 0 bridgehead atoms. The molecule has 0 unspecified atom stereocenters. The summed E-state index contributed by atoms with van der Waals surface area (Å²) in [5, 5.41) is 9.16. The van der Waals surface area contributed by atoms with Gasteiger partial charge >= 0.3 is 5.97 Å². The Morgan fingerprint density at radius 1 is 1.30 bits per heavy atom. The van der Waals surface area contributed by atoms with E-state index >= 15 is 0 Å². The second-order valence-corrected chi connectivity index (χ2v) is 6.13. The molecule has 1 aliphatic carbocycles. The van der Waals surface area contributed by atoms with Crippen molar-refractivity contribution in [2.75, 3.05) is 19.7 Å². The number of carbonyl (C=O) groups is 2. The molecule has 20 heavy (non-hydrogen) atoms. The zero-order chi connectivity index (χ0) is 14.1. The van der Waals surface area contributed by atoms with Gasteiger partial charge in [-0.1, -0.05) is 12.2 Å². The van der Waals surface area contributed by atoms with Crippen LogP contribution in [0, 0.1) is 17.8 Å². The number of amides is 1. The summed E-state index contributed by atoms with van der Waals surface area (Å²) in [4.78, 5) is 25.3. The van der Waals surface area contributed by atoms with Crippen molar-refractivity contribution in [1.29, 1.82) is 0 Å². The van der Waals surface area contributed by atoms with Crippen molar-refractivity contribution in [3.05, 3.63) is 12.2 Å². The molecule has 0 aromatic carbocycles. The largest absolute Gasteiger partial charge is 0.481 e. The van der Waals surface area contributed by atoms with E-state index in [1.165, 1.54) is 0 Å². The number of ether oxygens (including phenoxy) is 1. The Labute approximate surface area is 118 Å². The van der Waals surface area contributed by atoms with Gasteiger partial charge in [-0.25, -0.2) is 0 Å². The second kappa shape index (κ2) is 5.56. The van der Waals surface area contributed by atoms with Crippen molar-refractivity contribution in [1.82, 2.24) is 4.90 Å². The summed E-state index contributed by atoms with van der Waals surface area (Å²) in [6.45, 7) is 1.40. The fourth-order valence-electron chi connectivity index (χ4n) is 3.59. The van der Waals surface area contributed by atoms with Crippen LogP contribution in [0.25, 0.3) is 0 Å². The Morgan fingerprint density at radius 3 is 2.85 bits per heavy atom. The number of hydrogen-bond acceptors (Lipinski definition) is 3. The van der Waals surface area contributed by atoms with Crippen LogP contribution in [0.15, 0.2) is 12.2 Å². The van der Waals surface area contributed by atoms with Gasteiger partial charge < -0.3 is 14.7 Å². The van der Waals surface area contributed by atoms with Gasteiger partial charge in [0, 0.05) is 25.4 Å². The average Bonchev–Trinajstić information content (AvgIpc) is 2.98. The van der Waals surface area contributed by atoms with Crippen molar-refractivity contribution < 1.29 is 19.4 Å². The van der Waals surface area contributed by atoms with Gasteiger partial charge in [-0.05, 0) is 25.2 Å². The fourth-order valence-corrected chi connectivity index (χ4v) is 3.59. The summed E-state index contributed by atoms with van der Waals surface area (Å²) in [6.07, 6.45) is 7.97. The van der Waals surface area contributed by atoms with Crippen LogP contribution in [0.2, 0.25) is 0 Å². The summed E-state index contributed by atoms with van der Waals surface area (Å²) >= 11 is 0. The predicted molar refractivity (Wildman–Crippen MR) is 72.0 cm³/mol. The summed E-state index contributed by atoms with van der Waals surface area (Å²) in [7, 11) is 0. The highest BCUT2D eigenvalue weighted by molar-refractivity contribution is 5.77. The summed E-state index contributed by atoms with van der Waals surface area (Å²) < 4.78 is 5.54. The lowest BCUT2D eigenvalue weighted by Crippen LogP contribution is -2.33. The maximum absolute atomic E-state index is 12.3. The number of rotatable bonds is 3. The van der Waals surface area contributed by atoms with Crippen molar-refractivity contribution >= 4 is 11.9 Å². The first-order valence-corrected chi connectivity index (χ1v) is 7.42. The van der Waals surface area contributed by atoms with Gasteiger partial charge in [-0.3, -0.25) is 9.59 Å². The van der Waals surface area contributed by atoms with Crippen LogP contribution in [0.3, 0.4) is 0 Å². The van der Waals surface area contributed by atoms with Gasteiger partial charge in [0.1, 0.15) is 0 Å². The van der Waals surface area contributed by atoms with Crippen LogP contribution in [0.1, 0.15) is 25.7 Å². The lowest BCUT2D eigenvalue weighted by Gasteiger charge is -2.22. The molecular formula is C15H21NO4. The summed E-state index contributed by atoms with van der Waals surface area (Å²) in [5.74, 6) is -0.668. The Balaban J connectivity index is 1.56. The fraction of sp³-hybridized carbons (Fsp3) is 0.733. The lowest BCUT2D eigenvalue weighted by atomic mass is 9.91. The number of carbonyl (C=O) groups excluding carboxylic acids is 1. The zero-order valence-corrected chi connectivity index (χ0v) is 11.5. The van der Waals surface area contributed by atoms with Gasteiger partial charge in [0.25, 0.3) is 0 Å². The first-order valence-electron chi connectivity index (χ1n) is 7.42. The number of likely N-dealkylation sites (tertiary alicyclic amines) is 1. The third-order valence-electron chi connectivity index (χ3n) is 4.83. The Kier molecular flexibility index (Phi) is 3.78. The van der Waals surface area contributed by atoms with Gasteiger partial charge in [0.15, 0.2) is 0 Å². The monoisotopic (exact) mass is 279 g/mol. The molecule has 5 heteroatoms. The number of aliphatic carboxylic acids is 1. The molecule has 0 aromatic rings. The van der Waals surface area contributed by atoms with E-state index < -0.39 is 11.9 Å². The molecule has 4 atom stereocenters. The minimum absolute atomic E-state index is 0.0253. The molecule has 0 spiro atoms. The lowest BCUT2D eigenvalue weighted by molar-refractivity contribution is -0.143. The van der Waals surface area contributed by atoms with Gasteiger partial charge in [-0.15, -0.1) is 0 Å². The maximum atomic E-state index is 12.3. The quantitative estimate of drug-likeness (QED) is 0.791. The van der Waals surface area contributed by atoms with Gasteiger partial charge in [0.05, 0.1) is 18.6 Å². The molecule has 2 heterocycles. The van der Waals surface area contributed by atoms with Crippen molar-refractivity contribution in [2.45, 2.75) is 31.8 Å². The smallest absolute Gasteiger partial charge is 0.309 e. The normalized spacial score (nSPS) is 36.1. The van der Waals surface area contributed by atoms with E-state index in [0.29, 0.717) is 32.0 Å². The van der Waals surface area contributed by atoms with Gasteiger partial charge in [0.2, 0.25) is 5.91 Å². The first kappa shape index (κ1) is 13.6. The number of carboxylic acids is 1. The Hall–Kier alpha value is -1.36. The molecule has 3 aliphatic rings. The van der Waals surface area contributed by atoms with Crippen molar-refractivity contribution in [3.63, 3.8) is 0 Å². The van der Waals surface area contributed by atoms with Gasteiger partial charge in [-0.2, -0.15) is 0 Å². The minimum atomic E-state index is -0.802. The van der Waals surface area contributed by atoms with Crippen molar-refractivity contribution in [3.8, 4) is 0 Å². The molecule has 2 fully saturated rings. The SMILES string of the molecule is O=C(O)[C@@H]1CO[C@@H]2CN(C(=O)C[C@@H]3CC=CCC3)C[C@@H]21. The van der Waals surface area contributed by atoms with Crippen molar-refractivity contribution in [2.24, 2.45) is 17.8 Å². The number of hydrogen-bond donors (Lipinski definition) is 1. The summed E-state index contributed by atoms with van der Waals surface area (Å²) in [6, 6.07) is 0. The molecule has 3 rings (SSSR count). The van der Waals surface area contributed by atoms with Crippen LogP contribution < -0.4 is 0 Å². The first-order chi connectivity index (χ1) is 9.65. The highest BCUT2D eigenvalue weighted by Gasteiger charge is 2.48. The molecule has 0 radical (unpaired) electrons. The van der Waals surface area contributed by atoms with E-state index in [4.69, 9.17) is 9.84 Å². The highest BCUT2D eigenvalue weighted by Crippen LogP contribution is 2.34. The van der Waals surface area contributed by atoms with Crippen LogP contribution in [-0.4, -0.2) is 47.7 Å². The van der Waals surface area contributed by atoms with Crippen LogP contribution in [0.5, 0.6) is 0 Å². The Bertz CT molecular complexity index is 434.